The number of anilines is 2. The maximum Gasteiger partial charge on any atom is 0.265 e. The third-order valence-corrected chi connectivity index (χ3v) is 3.73. The van der Waals surface area contributed by atoms with Gasteiger partial charge < -0.3 is 5.73 Å². The third-order valence-electron chi connectivity index (χ3n) is 2.35. The minimum absolute atomic E-state index is 0.141. The minimum atomic E-state index is -4.07. The molecule has 0 amide bonds. The van der Waals surface area contributed by atoms with Crippen LogP contribution in [0.3, 0.4) is 0 Å². The summed E-state index contributed by atoms with van der Waals surface area (Å²) in [5, 5.41) is 0. The van der Waals surface area contributed by atoms with Crippen molar-refractivity contribution in [2.24, 2.45) is 0 Å². The number of hydrogen-bond acceptors (Lipinski definition) is 5. The lowest BCUT2D eigenvalue weighted by Crippen LogP contribution is -2.16. The van der Waals surface area contributed by atoms with Crippen molar-refractivity contribution >= 4 is 21.4 Å². The van der Waals surface area contributed by atoms with Gasteiger partial charge in [0.1, 0.15) is 17.0 Å². The topological polar surface area (TPSA) is 98.0 Å². The molecule has 0 unspecified atom stereocenters. The predicted octanol–water partition coefficient (Wildman–Crippen LogP) is 1.31. The monoisotopic (exact) mass is 282 g/mol. The van der Waals surface area contributed by atoms with Crippen LogP contribution in [-0.4, -0.2) is 18.4 Å². The summed E-state index contributed by atoms with van der Waals surface area (Å²) < 4.78 is 40.2. The van der Waals surface area contributed by atoms with Gasteiger partial charge in [-0.2, -0.15) is 0 Å². The van der Waals surface area contributed by atoms with Crippen molar-refractivity contribution in [2.75, 3.05) is 10.5 Å². The molecule has 0 radical (unpaired) electrons. The first-order chi connectivity index (χ1) is 8.90. The van der Waals surface area contributed by atoms with E-state index in [2.05, 4.69) is 14.7 Å². The predicted molar refractivity (Wildman–Crippen MR) is 68.4 cm³/mol. The highest BCUT2D eigenvalue weighted by Gasteiger charge is 2.21. The Morgan fingerprint density at radius 1 is 1.26 bits per heavy atom. The standard InChI is InChI=1S/C11H11FN4O2S/c1-7-2-8(13)3-10(11(7)12)19(17,18)16-9-4-14-6-15-5-9/h2-6,16H,13H2,1H3. The molecule has 3 N–H and O–H groups in total. The zero-order valence-corrected chi connectivity index (χ0v) is 10.8. The molecule has 100 valence electrons. The van der Waals surface area contributed by atoms with Crippen molar-refractivity contribution in [3.05, 3.63) is 42.2 Å². The van der Waals surface area contributed by atoms with E-state index in [4.69, 9.17) is 5.73 Å². The second kappa shape index (κ2) is 4.81. The van der Waals surface area contributed by atoms with Crippen LogP contribution in [0.5, 0.6) is 0 Å². The van der Waals surface area contributed by atoms with E-state index in [1.807, 2.05) is 0 Å². The Labute approximate surface area is 109 Å². The fraction of sp³-hybridized carbons (Fsp3) is 0.0909. The Balaban J connectivity index is 2.46. The fourth-order valence-electron chi connectivity index (χ4n) is 1.52. The number of nitrogen functional groups attached to an aromatic ring is 1. The lowest BCUT2D eigenvalue weighted by Gasteiger charge is -2.10. The molecule has 1 heterocycles. The van der Waals surface area contributed by atoms with Gasteiger partial charge in [-0.3, -0.25) is 4.72 Å². The number of aromatic nitrogens is 2. The molecular formula is C11H11FN4O2S. The largest absolute Gasteiger partial charge is 0.399 e. The molecule has 6 nitrogen and oxygen atoms in total. The molecule has 0 saturated carbocycles. The number of nitrogens with zero attached hydrogens (tertiary/aromatic N) is 2. The summed E-state index contributed by atoms with van der Waals surface area (Å²) in [5.41, 5.74) is 6.00. The van der Waals surface area contributed by atoms with Crippen LogP contribution in [0, 0.1) is 12.7 Å². The maximum absolute atomic E-state index is 13.9. The highest BCUT2D eigenvalue weighted by molar-refractivity contribution is 7.92. The summed E-state index contributed by atoms with van der Waals surface area (Å²) >= 11 is 0. The van der Waals surface area contributed by atoms with Gasteiger partial charge in [-0.25, -0.2) is 22.8 Å². The van der Waals surface area contributed by atoms with Crippen LogP contribution >= 0.6 is 0 Å². The molecule has 0 aliphatic rings. The van der Waals surface area contributed by atoms with Crippen LogP contribution in [0.1, 0.15) is 5.56 Å². The van der Waals surface area contributed by atoms with Gasteiger partial charge in [-0.15, -0.1) is 0 Å². The van der Waals surface area contributed by atoms with Gasteiger partial charge in [0.2, 0.25) is 0 Å². The SMILES string of the molecule is Cc1cc(N)cc(S(=O)(=O)Nc2cncnc2)c1F. The second-order valence-electron chi connectivity index (χ2n) is 3.88. The van der Waals surface area contributed by atoms with Crippen molar-refractivity contribution in [1.82, 2.24) is 9.97 Å². The third kappa shape index (κ3) is 2.79. The molecule has 1 aromatic carbocycles. The lowest BCUT2D eigenvalue weighted by atomic mass is 10.2. The quantitative estimate of drug-likeness (QED) is 0.827. The molecule has 2 aromatic rings. The molecule has 0 saturated heterocycles. The van der Waals surface area contributed by atoms with Gasteiger partial charge in [0.25, 0.3) is 10.0 Å². The molecule has 2 rings (SSSR count). The average molecular weight is 282 g/mol. The molecule has 0 fully saturated rings. The average Bonchev–Trinajstić information content (AvgIpc) is 2.34. The number of sulfonamides is 1. The van der Waals surface area contributed by atoms with Crippen LogP contribution in [0.25, 0.3) is 0 Å². The number of nitrogens with one attached hydrogen (secondary N) is 1. The Hall–Kier alpha value is -2.22. The minimum Gasteiger partial charge on any atom is -0.399 e. The van der Waals surface area contributed by atoms with Crippen molar-refractivity contribution in [3.63, 3.8) is 0 Å². The Kier molecular flexibility index (Phi) is 3.34. The van der Waals surface area contributed by atoms with E-state index in [9.17, 15) is 12.8 Å². The Morgan fingerprint density at radius 2 is 1.89 bits per heavy atom. The van der Waals surface area contributed by atoms with Gasteiger partial charge in [0.05, 0.1) is 18.1 Å². The molecular weight excluding hydrogens is 271 g/mol. The molecule has 0 aliphatic heterocycles. The van der Waals surface area contributed by atoms with E-state index < -0.39 is 20.7 Å². The smallest absolute Gasteiger partial charge is 0.265 e. The Morgan fingerprint density at radius 3 is 2.53 bits per heavy atom. The summed E-state index contributed by atoms with van der Waals surface area (Å²) in [7, 11) is -4.07. The van der Waals surface area contributed by atoms with Gasteiger partial charge in [-0.05, 0) is 24.6 Å². The van der Waals surface area contributed by atoms with Gasteiger partial charge >= 0.3 is 0 Å². The van der Waals surface area contributed by atoms with Crippen LogP contribution in [0.2, 0.25) is 0 Å². The van der Waals surface area contributed by atoms with Crippen LogP contribution in [-0.2, 0) is 10.0 Å². The molecule has 0 bridgehead atoms. The second-order valence-corrected chi connectivity index (χ2v) is 5.53. The molecule has 1 aromatic heterocycles. The highest BCUT2D eigenvalue weighted by Crippen LogP contribution is 2.23. The maximum atomic E-state index is 13.9. The van der Waals surface area contributed by atoms with E-state index in [1.54, 1.807) is 0 Å². The van der Waals surface area contributed by atoms with Crippen molar-refractivity contribution < 1.29 is 12.8 Å². The summed E-state index contributed by atoms with van der Waals surface area (Å²) in [6.45, 7) is 1.44. The first-order valence-electron chi connectivity index (χ1n) is 5.23. The van der Waals surface area contributed by atoms with E-state index >= 15 is 0 Å². The molecule has 19 heavy (non-hydrogen) atoms. The van der Waals surface area contributed by atoms with Crippen LogP contribution < -0.4 is 10.5 Å². The van der Waals surface area contributed by atoms with E-state index in [1.165, 1.54) is 31.7 Å². The van der Waals surface area contributed by atoms with Gasteiger partial charge in [0, 0.05) is 5.69 Å². The van der Waals surface area contributed by atoms with Crippen LogP contribution in [0.4, 0.5) is 15.8 Å². The normalized spacial score (nSPS) is 11.3. The van der Waals surface area contributed by atoms with E-state index in [-0.39, 0.29) is 16.9 Å². The van der Waals surface area contributed by atoms with E-state index in [0.29, 0.717) is 0 Å². The number of aryl methyl sites for hydroxylation is 1. The number of hydrogen-bond donors (Lipinski definition) is 2. The summed E-state index contributed by atoms with van der Waals surface area (Å²) in [6.07, 6.45) is 3.78. The summed E-state index contributed by atoms with van der Waals surface area (Å²) in [5.74, 6) is -0.835. The lowest BCUT2D eigenvalue weighted by molar-refractivity contribution is 0.565. The highest BCUT2D eigenvalue weighted by atomic mass is 32.2. The molecule has 0 spiro atoms. The van der Waals surface area contributed by atoms with Crippen molar-refractivity contribution in [3.8, 4) is 0 Å². The molecule has 0 atom stereocenters. The first kappa shape index (κ1) is 13.2. The number of benzene rings is 1. The zero-order valence-electron chi connectivity index (χ0n) is 9.96. The summed E-state index contributed by atoms with van der Waals surface area (Å²) in [6, 6.07) is 2.43. The number of nitrogens with two attached hydrogens (primary N) is 1. The fourth-order valence-corrected chi connectivity index (χ4v) is 2.74. The van der Waals surface area contributed by atoms with Crippen LogP contribution in [0.15, 0.2) is 35.7 Å². The molecule has 8 heteroatoms. The zero-order chi connectivity index (χ0) is 14.0. The number of rotatable bonds is 3. The Bertz CT molecular complexity index is 704. The molecule has 0 aliphatic carbocycles. The first-order valence-corrected chi connectivity index (χ1v) is 6.72. The van der Waals surface area contributed by atoms with E-state index in [0.717, 1.165) is 6.07 Å². The van der Waals surface area contributed by atoms with Gasteiger partial charge in [-0.1, -0.05) is 0 Å². The summed E-state index contributed by atoms with van der Waals surface area (Å²) in [4.78, 5) is 6.82. The van der Waals surface area contributed by atoms with Crippen molar-refractivity contribution in [1.29, 1.82) is 0 Å². The van der Waals surface area contributed by atoms with Gasteiger partial charge in [0.15, 0.2) is 0 Å². The number of halogens is 1. The van der Waals surface area contributed by atoms with Crippen molar-refractivity contribution in [2.45, 2.75) is 11.8 Å².